The van der Waals surface area contributed by atoms with Crippen molar-refractivity contribution < 1.29 is 9.53 Å². The van der Waals surface area contributed by atoms with Gasteiger partial charge in [0.05, 0.1) is 0 Å². The lowest BCUT2D eigenvalue weighted by molar-refractivity contribution is 0.116. The van der Waals surface area contributed by atoms with Crippen LogP contribution in [0.4, 0.5) is 4.79 Å². The second-order valence-electron chi connectivity index (χ2n) is 2.63. The number of amides is 1. The summed E-state index contributed by atoms with van der Waals surface area (Å²) >= 11 is 3.31. The molecule has 4 heteroatoms. The van der Waals surface area contributed by atoms with Gasteiger partial charge in [-0.15, -0.1) is 0 Å². The number of halogens is 1. The number of carbonyl (C=O) groups is 1. The molecular weight excluding hydrogens is 234 g/mol. The number of rotatable bonds is 2. The van der Waals surface area contributed by atoms with Crippen LogP contribution in [0, 0.1) is 0 Å². The Morgan fingerprint density at radius 2 is 2.00 bits per heavy atom. The predicted molar refractivity (Wildman–Crippen MR) is 53.2 cm³/mol. The van der Waals surface area contributed by atoms with Gasteiger partial charge in [0.25, 0.3) is 0 Å². The maximum atomic E-state index is 10.4. The van der Waals surface area contributed by atoms with Gasteiger partial charge >= 0.3 is 6.09 Å². The molecule has 70 valence electrons. The van der Waals surface area contributed by atoms with Crippen molar-refractivity contribution in [3.8, 4) is 0 Å². The van der Waals surface area contributed by atoms with Gasteiger partial charge in [-0.25, -0.2) is 4.79 Å². The van der Waals surface area contributed by atoms with Gasteiger partial charge in [0.1, 0.15) is 6.10 Å². The summed E-state index contributed by atoms with van der Waals surface area (Å²) in [6.07, 6.45) is -1.05. The minimum atomic E-state index is -0.754. The van der Waals surface area contributed by atoms with Crippen LogP contribution >= 0.6 is 15.9 Å². The predicted octanol–water partition coefficient (Wildman–Crippen LogP) is 2.61. The first-order valence-corrected chi connectivity index (χ1v) is 4.60. The number of benzene rings is 1. The average molecular weight is 244 g/mol. The molecule has 0 aliphatic carbocycles. The molecule has 1 amide bonds. The van der Waals surface area contributed by atoms with Gasteiger partial charge in [-0.1, -0.05) is 28.1 Å². The van der Waals surface area contributed by atoms with Crippen LogP contribution in [0.2, 0.25) is 0 Å². The molecule has 0 heterocycles. The summed E-state index contributed by atoms with van der Waals surface area (Å²) in [5, 5.41) is 0. The lowest BCUT2D eigenvalue weighted by Gasteiger charge is -2.11. The molecule has 0 saturated carbocycles. The Bertz CT molecular complexity index is 297. The highest BCUT2D eigenvalue weighted by Gasteiger charge is 2.07. The van der Waals surface area contributed by atoms with Gasteiger partial charge in [0.2, 0.25) is 0 Å². The molecule has 1 aromatic carbocycles. The molecule has 0 fully saturated rings. The third kappa shape index (κ3) is 3.06. The van der Waals surface area contributed by atoms with E-state index in [9.17, 15) is 4.79 Å². The number of ether oxygens (including phenoxy) is 1. The largest absolute Gasteiger partial charge is 0.442 e. The Kier molecular flexibility index (Phi) is 3.31. The molecular formula is C9H10BrNO2. The van der Waals surface area contributed by atoms with Crippen LogP contribution in [0.15, 0.2) is 28.7 Å². The second-order valence-corrected chi connectivity index (χ2v) is 3.55. The van der Waals surface area contributed by atoms with Crippen LogP contribution in [-0.2, 0) is 4.74 Å². The molecule has 0 aromatic heterocycles. The molecule has 2 N–H and O–H groups in total. The van der Waals surface area contributed by atoms with Crippen molar-refractivity contribution in [3.05, 3.63) is 34.3 Å². The summed E-state index contributed by atoms with van der Waals surface area (Å²) in [6, 6.07) is 7.52. The van der Waals surface area contributed by atoms with E-state index in [0.717, 1.165) is 10.0 Å². The third-order valence-electron chi connectivity index (χ3n) is 1.63. The quantitative estimate of drug-likeness (QED) is 0.869. The summed E-state index contributed by atoms with van der Waals surface area (Å²) in [5.41, 5.74) is 5.81. The van der Waals surface area contributed by atoms with E-state index >= 15 is 0 Å². The van der Waals surface area contributed by atoms with E-state index in [-0.39, 0.29) is 6.10 Å². The molecule has 13 heavy (non-hydrogen) atoms. The topological polar surface area (TPSA) is 52.3 Å². The van der Waals surface area contributed by atoms with Crippen molar-refractivity contribution in [1.82, 2.24) is 0 Å². The van der Waals surface area contributed by atoms with Gasteiger partial charge in [-0.05, 0) is 24.6 Å². The fraction of sp³-hybridized carbons (Fsp3) is 0.222. The maximum absolute atomic E-state index is 10.4. The Hall–Kier alpha value is -1.03. The van der Waals surface area contributed by atoms with Crippen LogP contribution in [0.25, 0.3) is 0 Å². The van der Waals surface area contributed by atoms with Gasteiger partial charge in [0.15, 0.2) is 0 Å². The fourth-order valence-electron chi connectivity index (χ4n) is 0.976. The molecule has 0 spiro atoms. The van der Waals surface area contributed by atoms with Crippen LogP contribution in [-0.4, -0.2) is 6.09 Å². The lowest BCUT2D eigenvalue weighted by atomic mass is 10.1. The third-order valence-corrected chi connectivity index (χ3v) is 2.16. The Morgan fingerprint density at radius 3 is 2.46 bits per heavy atom. The number of carbonyl (C=O) groups excluding carboxylic acids is 1. The van der Waals surface area contributed by atoms with Gasteiger partial charge in [-0.2, -0.15) is 0 Å². The van der Waals surface area contributed by atoms with Crippen LogP contribution in [0.5, 0.6) is 0 Å². The van der Waals surface area contributed by atoms with E-state index in [4.69, 9.17) is 10.5 Å². The van der Waals surface area contributed by atoms with Crippen molar-refractivity contribution in [2.45, 2.75) is 13.0 Å². The Morgan fingerprint density at radius 1 is 1.46 bits per heavy atom. The van der Waals surface area contributed by atoms with Gasteiger partial charge in [0, 0.05) is 4.47 Å². The molecule has 1 rings (SSSR count). The molecule has 3 nitrogen and oxygen atoms in total. The monoisotopic (exact) mass is 243 g/mol. The minimum Gasteiger partial charge on any atom is -0.442 e. The smallest absolute Gasteiger partial charge is 0.405 e. The SMILES string of the molecule is C[C@@H](OC(N)=O)c1ccc(Br)cc1. The summed E-state index contributed by atoms with van der Waals surface area (Å²) in [5.74, 6) is 0. The summed E-state index contributed by atoms with van der Waals surface area (Å²) in [6.45, 7) is 1.77. The van der Waals surface area contributed by atoms with Crippen molar-refractivity contribution in [1.29, 1.82) is 0 Å². The van der Waals surface area contributed by atoms with Crippen LogP contribution in [0.3, 0.4) is 0 Å². The zero-order chi connectivity index (χ0) is 9.84. The highest BCUT2D eigenvalue weighted by atomic mass is 79.9. The molecule has 0 bridgehead atoms. The number of hydrogen-bond donors (Lipinski definition) is 1. The fourth-order valence-corrected chi connectivity index (χ4v) is 1.24. The normalized spacial score (nSPS) is 12.2. The van der Waals surface area contributed by atoms with E-state index in [1.54, 1.807) is 6.92 Å². The van der Waals surface area contributed by atoms with E-state index in [0.29, 0.717) is 0 Å². The number of primary amides is 1. The molecule has 0 aliphatic heterocycles. The summed E-state index contributed by atoms with van der Waals surface area (Å²) < 4.78 is 5.79. The van der Waals surface area contributed by atoms with Crippen molar-refractivity contribution >= 4 is 22.0 Å². The first-order chi connectivity index (χ1) is 6.09. The van der Waals surface area contributed by atoms with Gasteiger partial charge < -0.3 is 10.5 Å². The first-order valence-electron chi connectivity index (χ1n) is 3.81. The molecule has 1 atom stereocenters. The van der Waals surface area contributed by atoms with E-state index < -0.39 is 6.09 Å². The first kappa shape index (κ1) is 10.1. The van der Waals surface area contributed by atoms with Crippen molar-refractivity contribution in [2.75, 3.05) is 0 Å². The second kappa shape index (κ2) is 4.28. The van der Waals surface area contributed by atoms with Crippen LogP contribution < -0.4 is 5.73 Å². The molecule has 0 unspecified atom stereocenters. The molecule has 0 radical (unpaired) electrons. The maximum Gasteiger partial charge on any atom is 0.405 e. The molecule has 0 saturated heterocycles. The molecule has 0 aliphatic rings. The molecule has 1 aromatic rings. The number of nitrogens with two attached hydrogens (primary N) is 1. The van der Waals surface area contributed by atoms with Crippen molar-refractivity contribution in [3.63, 3.8) is 0 Å². The van der Waals surface area contributed by atoms with Crippen molar-refractivity contribution in [2.24, 2.45) is 5.73 Å². The Labute approximate surface area is 85.0 Å². The minimum absolute atomic E-state index is 0.300. The highest BCUT2D eigenvalue weighted by molar-refractivity contribution is 9.10. The zero-order valence-electron chi connectivity index (χ0n) is 7.16. The van der Waals surface area contributed by atoms with Crippen LogP contribution in [0.1, 0.15) is 18.6 Å². The van der Waals surface area contributed by atoms with E-state index in [1.807, 2.05) is 24.3 Å². The Balaban J connectivity index is 2.71. The van der Waals surface area contributed by atoms with E-state index in [1.165, 1.54) is 0 Å². The zero-order valence-corrected chi connectivity index (χ0v) is 8.74. The summed E-state index contributed by atoms with van der Waals surface area (Å²) in [4.78, 5) is 10.4. The average Bonchev–Trinajstić information content (AvgIpc) is 2.04. The summed E-state index contributed by atoms with van der Waals surface area (Å²) in [7, 11) is 0. The van der Waals surface area contributed by atoms with Gasteiger partial charge in [-0.3, -0.25) is 0 Å². The van der Waals surface area contributed by atoms with E-state index in [2.05, 4.69) is 15.9 Å². The number of hydrogen-bond acceptors (Lipinski definition) is 2. The standard InChI is InChI=1S/C9H10BrNO2/c1-6(13-9(11)12)7-2-4-8(10)5-3-7/h2-6H,1H3,(H2,11,12)/t6-/m1/s1. The lowest BCUT2D eigenvalue weighted by Crippen LogP contribution is -2.15. The highest BCUT2D eigenvalue weighted by Crippen LogP contribution is 2.19.